The van der Waals surface area contributed by atoms with Gasteiger partial charge in [-0.05, 0) is 35.9 Å². The maximum absolute atomic E-state index is 13.5. The molecule has 100 valence electrons. The van der Waals surface area contributed by atoms with Gasteiger partial charge in [-0.2, -0.15) is 0 Å². The Kier molecular flexibility index (Phi) is 3.20. The first-order valence-corrected chi connectivity index (χ1v) is 6.44. The zero-order chi connectivity index (χ0) is 14.3. The van der Waals surface area contributed by atoms with Gasteiger partial charge in [0, 0.05) is 17.3 Å². The SMILES string of the molecule is O=C1Nc2cc(Cl)c(F)cc2C1=Cc1ccnc(Cl)c1. The minimum atomic E-state index is -0.569. The number of carbonyl (C=O) groups is 1. The summed E-state index contributed by atoms with van der Waals surface area (Å²) in [6, 6.07) is 5.96. The molecule has 0 fully saturated rings. The fraction of sp³-hybridized carbons (Fsp3) is 0. The largest absolute Gasteiger partial charge is 0.321 e. The topological polar surface area (TPSA) is 42.0 Å². The van der Waals surface area contributed by atoms with Gasteiger partial charge in [-0.1, -0.05) is 23.2 Å². The van der Waals surface area contributed by atoms with Gasteiger partial charge >= 0.3 is 0 Å². The van der Waals surface area contributed by atoms with E-state index in [1.54, 1.807) is 18.2 Å². The van der Waals surface area contributed by atoms with Crippen molar-refractivity contribution in [2.45, 2.75) is 0 Å². The van der Waals surface area contributed by atoms with Crippen LogP contribution in [0.1, 0.15) is 11.1 Å². The fourth-order valence-electron chi connectivity index (χ4n) is 2.00. The number of nitrogens with one attached hydrogen (secondary N) is 1. The molecule has 2 aromatic rings. The molecule has 0 radical (unpaired) electrons. The molecule has 0 bridgehead atoms. The highest BCUT2D eigenvalue weighted by atomic mass is 35.5. The van der Waals surface area contributed by atoms with Crippen molar-refractivity contribution in [3.05, 3.63) is 57.6 Å². The Balaban J connectivity index is 2.12. The highest BCUT2D eigenvalue weighted by Crippen LogP contribution is 2.36. The molecule has 1 aromatic heterocycles. The zero-order valence-corrected chi connectivity index (χ0v) is 11.5. The van der Waals surface area contributed by atoms with E-state index in [4.69, 9.17) is 23.2 Å². The van der Waals surface area contributed by atoms with Crippen LogP contribution in [0.2, 0.25) is 10.2 Å². The van der Waals surface area contributed by atoms with Crippen LogP contribution in [-0.2, 0) is 4.79 Å². The maximum Gasteiger partial charge on any atom is 0.256 e. The van der Waals surface area contributed by atoms with Crippen LogP contribution in [0.3, 0.4) is 0 Å². The third-order valence-electron chi connectivity index (χ3n) is 2.91. The molecule has 1 N–H and O–H groups in total. The lowest BCUT2D eigenvalue weighted by atomic mass is 10.0. The molecule has 6 heteroatoms. The van der Waals surface area contributed by atoms with Crippen LogP contribution in [0.25, 0.3) is 11.6 Å². The second-order valence-corrected chi connectivity index (χ2v) is 5.03. The van der Waals surface area contributed by atoms with E-state index >= 15 is 0 Å². The molecular weight excluding hydrogens is 302 g/mol. The van der Waals surface area contributed by atoms with Gasteiger partial charge in [0.05, 0.1) is 10.7 Å². The minimum absolute atomic E-state index is 0.0303. The van der Waals surface area contributed by atoms with E-state index in [0.717, 1.165) is 0 Å². The normalized spacial score (nSPS) is 15.3. The summed E-state index contributed by atoms with van der Waals surface area (Å²) in [5.41, 5.74) is 2.04. The van der Waals surface area contributed by atoms with E-state index in [9.17, 15) is 9.18 Å². The number of hydrogen-bond acceptors (Lipinski definition) is 2. The molecule has 3 nitrogen and oxygen atoms in total. The van der Waals surface area contributed by atoms with Gasteiger partial charge < -0.3 is 5.32 Å². The second-order valence-electron chi connectivity index (χ2n) is 4.24. The van der Waals surface area contributed by atoms with E-state index in [1.165, 1.54) is 18.3 Å². The summed E-state index contributed by atoms with van der Waals surface area (Å²) in [5, 5.41) is 2.93. The Bertz CT molecular complexity index is 759. The molecule has 1 amide bonds. The molecular formula is C14H7Cl2FN2O. The Morgan fingerprint density at radius 2 is 2.05 bits per heavy atom. The number of benzene rings is 1. The molecule has 0 saturated heterocycles. The van der Waals surface area contributed by atoms with E-state index in [2.05, 4.69) is 10.3 Å². The molecule has 0 aliphatic carbocycles. The molecule has 1 aromatic carbocycles. The van der Waals surface area contributed by atoms with Crippen LogP contribution in [0.5, 0.6) is 0 Å². The van der Waals surface area contributed by atoms with Gasteiger partial charge in [0.25, 0.3) is 5.91 Å². The van der Waals surface area contributed by atoms with Gasteiger partial charge in [-0.25, -0.2) is 9.37 Å². The number of hydrogen-bond donors (Lipinski definition) is 1. The van der Waals surface area contributed by atoms with Gasteiger partial charge in [-0.3, -0.25) is 4.79 Å². The van der Waals surface area contributed by atoms with Crippen LogP contribution >= 0.6 is 23.2 Å². The lowest BCUT2D eigenvalue weighted by molar-refractivity contribution is -0.110. The number of nitrogens with zero attached hydrogens (tertiary/aromatic N) is 1. The third-order valence-corrected chi connectivity index (χ3v) is 3.40. The maximum atomic E-state index is 13.5. The van der Waals surface area contributed by atoms with E-state index < -0.39 is 5.82 Å². The summed E-state index contributed by atoms with van der Waals surface area (Å²) >= 11 is 11.5. The highest BCUT2D eigenvalue weighted by Gasteiger charge is 2.25. The van der Waals surface area contributed by atoms with Gasteiger partial charge in [0.1, 0.15) is 11.0 Å². The van der Waals surface area contributed by atoms with E-state index in [-0.39, 0.29) is 10.9 Å². The molecule has 2 heterocycles. The predicted octanol–water partition coefficient (Wildman–Crippen LogP) is 4.02. The van der Waals surface area contributed by atoms with Crippen molar-refractivity contribution >= 4 is 46.4 Å². The average molecular weight is 309 g/mol. The van der Waals surface area contributed by atoms with Crippen LogP contribution in [0.4, 0.5) is 10.1 Å². The van der Waals surface area contributed by atoms with E-state index in [1.807, 2.05) is 0 Å². The number of fused-ring (bicyclic) bond motifs is 1. The van der Waals surface area contributed by atoms with Crippen molar-refractivity contribution in [1.82, 2.24) is 4.98 Å². The van der Waals surface area contributed by atoms with E-state index in [0.29, 0.717) is 27.5 Å². The first-order chi connectivity index (χ1) is 9.54. The van der Waals surface area contributed by atoms with Crippen molar-refractivity contribution in [1.29, 1.82) is 0 Å². The average Bonchev–Trinajstić information content (AvgIpc) is 2.67. The first kappa shape index (κ1) is 13.1. The Morgan fingerprint density at radius 1 is 1.25 bits per heavy atom. The zero-order valence-electron chi connectivity index (χ0n) is 9.95. The molecule has 20 heavy (non-hydrogen) atoms. The van der Waals surface area contributed by atoms with Crippen LogP contribution in [0.15, 0.2) is 30.5 Å². The Hall–Kier alpha value is -1.91. The predicted molar refractivity (Wildman–Crippen MR) is 77.2 cm³/mol. The van der Waals surface area contributed by atoms with Gasteiger partial charge in [0.2, 0.25) is 0 Å². The molecule has 0 unspecified atom stereocenters. The molecule has 0 atom stereocenters. The summed E-state index contributed by atoms with van der Waals surface area (Å²) in [6.45, 7) is 0. The van der Waals surface area contributed by atoms with Crippen molar-refractivity contribution in [2.75, 3.05) is 5.32 Å². The molecule has 1 aliphatic heterocycles. The van der Waals surface area contributed by atoms with Crippen molar-refractivity contribution in [2.24, 2.45) is 0 Å². The third kappa shape index (κ3) is 2.28. The quantitative estimate of drug-likeness (QED) is 0.638. The summed E-state index contributed by atoms with van der Waals surface area (Å²) in [7, 11) is 0. The number of rotatable bonds is 1. The summed E-state index contributed by atoms with van der Waals surface area (Å²) in [5.74, 6) is -0.879. The van der Waals surface area contributed by atoms with Crippen molar-refractivity contribution in [3.8, 4) is 0 Å². The van der Waals surface area contributed by atoms with Gasteiger partial charge in [0.15, 0.2) is 0 Å². The summed E-state index contributed by atoms with van der Waals surface area (Å²) < 4.78 is 13.5. The minimum Gasteiger partial charge on any atom is -0.321 e. The first-order valence-electron chi connectivity index (χ1n) is 5.68. The smallest absolute Gasteiger partial charge is 0.256 e. The molecule has 3 rings (SSSR count). The van der Waals surface area contributed by atoms with Crippen molar-refractivity contribution in [3.63, 3.8) is 0 Å². The molecule has 0 saturated carbocycles. The second kappa shape index (κ2) is 4.89. The number of pyridine rings is 1. The summed E-state index contributed by atoms with van der Waals surface area (Å²) in [4.78, 5) is 15.8. The van der Waals surface area contributed by atoms with Crippen LogP contribution in [0, 0.1) is 5.82 Å². The standard InChI is InChI=1S/C14H7Cl2FN2O/c15-10-6-12-8(5-11(10)17)9(14(20)19-12)3-7-1-2-18-13(16)4-7/h1-6H,(H,19,20). The highest BCUT2D eigenvalue weighted by molar-refractivity contribution is 6.36. The Morgan fingerprint density at radius 3 is 2.80 bits per heavy atom. The van der Waals surface area contributed by atoms with Crippen molar-refractivity contribution < 1.29 is 9.18 Å². The summed E-state index contributed by atoms with van der Waals surface area (Å²) in [6.07, 6.45) is 3.16. The van der Waals surface area contributed by atoms with Crippen LogP contribution < -0.4 is 5.32 Å². The lowest BCUT2D eigenvalue weighted by Gasteiger charge is -2.01. The number of amides is 1. The number of aromatic nitrogens is 1. The monoisotopic (exact) mass is 308 g/mol. The number of anilines is 1. The molecule has 0 spiro atoms. The number of halogens is 3. The van der Waals surface area contributed by atoms with Gasteiger partial charge in [-0.15, -0.1) is 0 Å². The Labute approximate surface area is 124 Å². The lowest BCUT2D eigenvalue weighted by Crippen LogP contribution is -2.03. The molecule has 1 aliphatic rings. The fourth-order valence-corrected chi connectivity index (χ4v) is 2.35. The number of carbonyl (C=O) groups excluding carboxylic acids is 1. The van der Waals surface area contributed by atoms with Crippen LogP contribution in [-0.4, -0.2) is 10.9 Å².